The Morgan fingerprint density at radius 3 is 2.00 bits per heavy atom. The summed E-state index contributed by atoms with van der Waals surface area (Å²) in [7, 11) is 1.22. The monoisotopic (exact) mass is 442 g/mol. The number of rotatable bonds is 6. The van der Waals surface area contributed by atoms with E-state index in [1.807, 2.05) is 24.6 Å². The van der Waals surface area contributed by atoms with E-state index in [9.17, 15) is 8.42 Å². The van der Waals surface area contributed by atoms with Crippen molar-refractivity contribution in [3.63, 3.8) is 0 Å². The first kappa shape index (κ1) is 22.4. The standard InChI is InChI=1S/C12H15N3S.C5H8ClN3O2S/c1-10(2)15-9-13-12(14-15)16-8-11-6-4-3-5-7-11;1-4(2)9-3-7-5(8-9)12(6,10)11/h3-7,9-10H,8H2,1-2H3;3-4H,1-2H3. The molecule has 2 aromatic heterocycles. The van der Waals surface area contributed by atoms with Crippen LogP contribution in [0.3, 0.4) is 0 Å². The Labute approximate surface area is 173 Å². The molecule has 2 heterocycles. The SMILES string of the molecule is CC(C)n1cnc(S(=O)(=O)Cl)n1.CC(C)n1cnc(SCc2ccccc2)n1. The zero-order valence-corrected chi connectivity index (χ0v) is 18.5. The second-order valence-corrected chi connectivity index (χ2v) is 9.82. The topological polar surface area (TPSA) is 95.6 Å². The predicted molar refractivity (Wildman–Crippen MR) is 110 cm³/mol. The second kappa shape index (κ2) is 10.0. The van der Waals surface area contributed by atoms with Crippen molar-refractivity contribution in [2.45, 2.75) is 55.8 Å². The highest BCUT2D eigenvalue weighted by molar-refractivity contribution is 8.13. The molecule has 1 aromatic carbocycles. The third-order valence-electron chi connectivity index (χ3n) is 3.46. The fourth-order valence-corrected chi connectivity index (χ4v) is 3.25. The quantitative estimate of drug-likeness (QED) is 0.421. The Morgan fingerprint density at radius 2 is 1.54 bits per heavy atom. The number of nitrogens with zero attached hydrogens (tertiary/aromatic N) is 6. The Morgan fingerprint density at radius 1 is 0.964 bits per heavy atom. The van der Waals surface area contributed by atoms with Crippen molar-refractivity contribution in [3.8, 4) is 0 Å². The van der Waals surface area contributed by atoms with Gasteiger partial charge in [-0.25, -0.2) is 27.7 Å². The molecule has 0 aliphatic heterocycles. The van der Waals surface area contributed by atoms with Crippen LogP contribution in [0.5, 0.6) is 0 Å². The predicted octanol–water partition coefficient (Wildman–Crippen LogP) is 3.94. The van der Waals surface area contributed by atoms with E-state index in [0.717, 1.165) is 10.9 Å². The Balaban J connectivity index is 0.000000209. The fourth-order valence-electron chi connectivity index (χ4n) is 1.92. The van der Waals surface area contributed by atoms with Crippen LogP contribution in [0.15, 0.2) is 53.3 Å². The van der Waals surface area contributed by atoms with Crippen LogP contribution in [-0.2, 0) is 14.8 Å². The van der Waals surface area contributed by atoms with Gasteiger partial charge in [0.1, 0.15) is 12.7 Å². The van der Waals surface area contributed by atoms with Crippen LogP contribution in [0.4, 0.5) is 0 Å². The van der Waals surface area contributed by atoms with Crippen LogP contribution < -0.4 is 0 Å². The molecule has 0 bridgehead atoms. The summed E-state index contributed by atoms with van der Waals surface area (Å²) in [4.78, 5) is 7.81. The van der Waals surface area contributed by atoms with Crippen molar-refractivity contribution in [1.29, 1.82) is 0 Å². The molecule has 3 aromatic rings. The molecule has 0 amide bonds. The average molecular weight is 443 g/mol. The van der Waals surface area contributed by atoms with Crippen molar-refractivity contribution >= 4 is 31.5 Å². The van der Waals surface area contributed by atoms with Crippen LogP contribution in [0, 0.1) is 0 Å². The molecule has 0 aliphatic carbocycles. The summed E-state index contributed by atoms with van der Waals surface area (Å²) in [6.07, 6.45) is 3.12. The summed E-state index contributed by atoms with van der Waals surface area (Å²) >= 11 is 1.67. The number of benzene rings is 1. The van der Waals surface area contributed by atoms with Crippen molar-refractivity contribution in [2.75, 3.05) is 0 Å². The van der Waals surface area contributed by atoms with Gasteiger partial charge in [-0.05, 0) is 33.3 Å². The lowest BCUT2D eigenvalue weighted by molar-refractivity contribution is 0.517. The summed E-state index contributed by atoms with van der Waals surface area (Å²) in [6, 6.07) is 10.8. The summed E-state index contributed by atoms with van der Waals surface area (Å²) in [5.41, 5.74) is 1.30. The number of hydrogen-bond donors (Lipinski definition) is 0. The molecule has 3 rings (SSSR count). The molecule has 11 heteroatoms. The van der Waals surface area contributed by atoms with E-state index >= 15 is 0 Å². The third-order valence-corrected chi connectivity index (χ3v) is 5.42. The lowest BCUT2D eigenvalue weighted by atomic mass is 10.2. The van der Waals surface area contributed by atoms with Gasteiger partial charge in [0.15, 0.2) is 0 Å². The number of hydrogen-bond acceptors (Lipinski definition) is 7. The van der Waals surface area contributed by atoms with E-state index in [0.29, 0.717) is 6.04 Å². The summed E-state index contributed by atoms with van der Waals surface area (Å²) < 4.78 is 24.7. The maximum Gasteiger partial charge on any atom is 0.298 e. The first-order valence-electron chi connectivity index (χ1n) is 8.60. The molecule has 0 fully saturated rings. The number of aromatic nitrogens is 6. The van der Waals surface area contributed by atoms with Crippen LogP contribution in [0.25, 0.3) is 0 Å². The minimum Gasteiger partial charge on any atom is -0.249 e. The zero-order valence-electron chi connectivity index (χ0n) is 16.1. The molecular formula is C17H23ClN6O2S2. The van der Waals surface area contributed by atoms with Crippen molar-refractivity contribution in [3.05, 3.63) is 48.5 Å². The largest absolute Gasteiger partial charge is 0.298 e. The normalized spacial score (nSPS) is 11.5. The molecule has 8 nitrogen and oxygen atoms in total. The van der Waals surface area contributed by atoms with E-state index < -0.39 is 9.05 Å². The first-order valence-corrected chi connectivity index (χ1v) is 11.9. The highest BCUT2D eigenvalue weighted by Gasteiger charge is 2.16. The molecular weight excluding hydrogens is 420 g/mol. The van der Waals surface area contributed by atoms with E-state index in [1.54, 1.807) is 18.1 Å². The molecule has 0 aliphatic rings. The first-order chi connectivity index (χ1) is 13.2. The maximum absolute atomic E-state index is 10.7. The van der Waals surface area contributed by atoms with E-state index in [2.05, 4.69) is 58.3 Å². The van der Waals surface area contributed by atoms with Crippen molar-refractivity contribution < 1.29 is 8.42 Å². The van der Waals surface area contributed by atoms with Crippen molar-refractivity contribution in [1.82, 2.24) is 29.5 Å². The molecule has 0 spiro atoms. The maximum atomic E-state index is 10.7. The van der Waals surface area contributed by atoms with Crippen LogP contribution in [-0.4, -0.2) is 37.9 Å². The lowest BCUT2D eigenvalue weighted by Crippen LogP contribution is -2.02. The van der Waals surface area contributed by atoms with Crippen LogP contribution >= 0.6 is 22.4 Å². The molecule has 0 unspecified atom stereocenters. The van der Waals surface area contributed by atoms with Gasteiger partial charge in [0.25, 0.3) is 14.2 Å². The second-order valence-electron chi connectivity index (χ2n) is 6.41. The van der Waals surface area contributed by atoms with Gasteiger partial charge in [-0.1, -0.05) is 42.1 Å². The van der Waals surface area contributed by atoms with Gasteiger partial charge in [0.2, 0.25) is 5.16 Å². The molecule has 28 heavy (non-hydrogen) atoms. The summed E-state index contributed by atoms with van der Waals surface area (Å²) in [5, 5.41) is 8.56. The van der Waals surface area contributed by atoms with Crippen LogP contribution in [0.1, 0.15) is 45.3 Å². The van der Waals surface area contributed by atoms with E-state index in [1.165, 1.54) is 16.6 Å². The fraction of sp³-hybridized carbons (Fsp3) is 0.412. The van der Waals surface area contributed by atoms with Gasteiger partial charge in [0.05, 0.1) is 0 Å². The Kier molecular flexibility index (Phi) is 8.02. The van der Waals surface area contributed by atoms with E-state index in [4.69, 9.17) is 10.7 Å². The smallest absolute Gasteiger partial charge is 0.249 e. The number of thioether (sulfide) groups is 1. The minimum atomic E-state index is -3.79. The van der Waals surface area contributed by atoms with Gasteiger partial charge < -0.3 is 0 Å². The third kappa shape index (κ3) is 6.92. The molecule has 0 N–H and O–H groups in total. The highest BCUT2D eigenvalue weighted by atomic mass is 35.7. The summed E-state index contributed by atoms with van der Waals surface area (Å²) in [5.74, 6) is 0.920. The zero-order chi connectivity index (χ0) is 20.7. The molecule has 0 saturated heterocycles. The van der Waals surface area contributed by atoms with Crippen LogP contribution in [0.2, 0.25) is 0 Å². The van der Waals surface area contributed by atoms with E-state index in [-0.39, 0.29) is 11.2 Å². The molecule has 0 atom stereocenters. The Bertz CT molecular complexity index is 970. The molecule has 152 valence electrons. The number of halogens is 1. The Hall–Kier alpha value is -1.91. The molecule has 0 saturated carbocycles. The lowest BCUT2D eigenvalue weighted by Gasteiger charge is -2.01. The van der Waals surface area contributed by atoms with Gasteiger partial charge >= 0.3 is 0 Å². The van der Waals surface area contributed by atoms with Gasteiger partial charge in [-0.2, -0.15) is 0 Å². The van der Waals surface area contributed by atoms with Gasteiger partial charge in [-0.15, -0.1) is 10.2 Å². The average Bonchev–Trinajstić information content (AvgIpc) is 3.31. The molecule has 0 radical (unpaired) electrons. The van der Waals surface area contributed by atoms with Gasteiger partial charge in [0, 0.05) is 28.5 Å². The highest BCUT2D eigenvalue weighted by Crippen LogP contribution is 2.19. The van der Waals surface area contributed by atoms with Crippen molar-refractivity contribution in [2.24, 2.45) is 0 Å². The van der Waals surface area contributed by atoms with Gasteiger partial charge in [-0.3, -0.25) is 0 Å². The minimum absolute atomic E-state index is 0.0738. The summed E-state index contributed by atoms with van der Waals surface area (Å²) in [6.45, 7) is 7.92.